The molecule has 0 bridgehead atoms. The second-order valence-electron chi connectivity index (χ2n) is 4.04. The van der Waals surface area contributed by atoms with Gasteiger partial charge in [-0.05, 0) is 19.8 Å². The summed E-state index contributed by atoms with van der Waals surface area (Å²) in [4.78, 5) is 8.34. The quantitative estimate of drug-likeness (QED) is 0.685. The van der Waals surface area contributed by atoms with Crippen LogP contribution in [0, 0.1) is 6.92 Å². The highest BCUT2D eigenvalue weighted by Gasteiger charge is 2.07. The first-order valence-electron chi connectivity index (χ1n) is 6.55. The molecule has 5 nitrogen and oxygen atoms in total. The summed E-state index contributed by atoms with van der Waals surface area (Å²) in [6, 6.07) is 0. The van der Waals surface area contributed by atoms with E-state index in [9.17, 15) is 0 Å². The van der Waals surface area contributed by atoms with Gasteiger partial charge in [-0.2, -0.15) is 0 Å². The monoisotopic (exact) mass is 253 g/mol. The highest BCUT2D eigenvalue weighted by atomic mass is 16.5. The molecule has 1 heterocycles. The third-order valence-electron chi connectivity index (χ3n) is 2.40. The average molecular weight is 253 g/mol. The number of hydrogen-bond donors (Lipinski definition) is 1. The fraction of sp³-hybridized carbons (Fsp3) is 0.692. The molecule has 0 fully saturated rings. The van der Waals surface area contributed by atoms with Crippen molar-refractivity contribution in [3.05, 3.63) is 11.9 Å². The molecule has 0 aliphatic carbocycles. The Morgan fingerprint density at radius 3 is 2.67 bits per heavy atom. The third kappa shape index (κ3) is 4.87. The summed E-state index contributed by atoms with van der Waals surface area (Å²) in [5.41, 5.74) is 0.946. The smallest absolute Gasteiger partial charge is 0.221 e. The number of ether oxygens (including phenoxy) is 2. The van der Waals surface area contributed by atoms with Gasteiger partial charge in [-0.1, -0.05) is 13.8 Å². The van der Waals surface area contributed by atoms with E-state index in [1.807, 2.05) is 6.92 Å². The van der Waals surface area contributed by atoms with E-state index in [4.69, 9.17) is 9.47 Å². The lowest BCUT2D eigenvalue weighted by atomic mass is 10.3. The SMILES string of the molecule is CCCNc1ncnc(OCCOCCC)c1C. The molecule has 1 rings (SSSR count). The van der Waals surface area contributed by atoms with Crippen molar-refractivity contribution in [2.24, 2.45) is 0 Å². The van der Waals surface area contributed by atoms with Crippen LogP contribution in [0.25, 0.3) is 0 Å². The molecule has 102 valence electrons. The minimum absolute atomic E-state index is 0.519. The van der Waals surface area contributed by atoms with Gasteiger partial charge in [-0.3, -0.25) is 0 Å². The van der Waals surface area contributed by atoms with Crippen LogP contribution in [-0.4, -0.2) is 36.3 Å². The largest absolute Gasteiger partial charge is 0.475 e. The van der Waals surface area contributed by atoms with E-state index in [-0.39, 0.29) is 0 Å². The maximum absolute atomic E-state index is 5.59. The third-order valence-corrected chi connectivity index (χ3v) is 2.40. The molecule has 0 aromatic carbocycles. The predicted octanol–water partition coefficient (Wildman–Crippen LogP) is 2.41. The fourth-order valence-electron chi connectivity index (χ4n) is 1.44. The molecule has 0 amide bonds. The molecule has 0 unspecified atom stereocenters. The van der Waals surface area contributed by atoms with Gasteiger partial charge in [-0.25, -0.2) is 9.97 Å². The Bertz CT molecular complexity index is 345. The summed E-state index contributed by atoms with van der Waals surface area (Å²) < 4.78 is 10.9. The fourth-order valence-corrected chi connectivity index (χ4v) is 1.44. The molecule has 0 spiro atoms. The summed E-state index contributed by atoms with van der Waals surface area (Å²) >= 11 is 0. The van der Waals surface area contributed by atoms with E-state index in [1.165, 1.54) is 6.33 Å². The highest BCUT2D eigenvalue weighted by Crippen LogP contribution is 2.19. The second-order valence-corrected chi connectivity index (χ2v) is 4.04. The van der Waals surface area contributed by atoms with Crippen LogP contribution in [-0.2, 0) is 4.74 Å². The summed E-state index contributed by atoms with van der Waals surface area (Å²) in [6.07, 6.45) is 3.61. The van der Waals surface area contributed by atoms with Crippen molar-refractivity contribution in [2.45, 2.75) is 33.6 Å². The van der Waals surface area contributed by atoms with Gasteiger partial charge < -0.3 is 14.8 Å². The van der Waals surface area contributed by atoms with E-state index >= 15 is 0 Å². The zero-order chi connectivity index (χ0) is 13.2. The summed E-state index contributed by atoms with van der Waals surface area (Å²) in [6.45, 7) is 8.94. The van der Waals surface area contributed by atoms with Gasteiger partial charge in [0.15, 0.2) is 0 Å². The number of nitrogens with zero attached hydrogens (tertiary/aromatic N) is 2. The van der Waals surface area contributed by atoms with Crippen LogP contribution in [0.3, 0.4) is 0 Å². The maximum Gasteiger partial charge on any atom is 0.221 e. The average Bonchev–Trinajstić information content (AvgIpc) is 2.39. The molecule has 1 N–H and O–H groups in total. The van der Waals surface area contributed by atoms with Crippen LogP contribution >= 0.6 is 0 Å². The first kappa shape index (κ1) is 14.7. The molecule has 5 heteroatoms. The summed E-state index contributed by atoms with van der Waals surface area (Å²) in [7, 11) is 0. The Balaban J connectivity index is 2.44. The summed E-state index contributed by atoms with van der Waals surface area (Å²) in [5, 5.41) is 3.25. The molecule has 1 aromatic rings. The molecule has 0 radical (unpaired) electrons. The molecule has 18 heavy (non-hydrogen) atoms. The minimum atomic E-state index is 0.519. The lowest BCUT2D eigenvalue weighted by molar-refractivity contribution is 0.0987. The van der Waals surface area contributed by atoms with Gasteiger partial charge >= 0.3 is 0 Å². The number of nitrogens with one attached hydrogen (secondary N) is 1. The number of hydrogen-bond acceptors (Lipinski definition) is 5. The van der Waals surface area contributed by atoms with E-state index in [0.717, 1.165) is 37.4 Å². The van der Waals surface area contributed by atoms with Crippen molar-refractivity contribution in [3.63, 3.8) is 0 Å². The van der Waals surface area contributed by atoms with Crippen molar-refractivity contribution in [3.8, 4) is 5.88 Å². The lowest BCUT2D eigenvalue weighted by Crippen LogP contribution is -2.11. The Morgan fingerprint density at radius 1 is 1.11 bits per heavy atom. The van der Waals surface area contributed by atoms with Crippen LogP contribution < -0.4 is 10.1 Å². The Labute approximate surface area is 109 Å². The van der Waals surface area contributed by atoms with Gasteiger partial charge in [0.2, 0.25) is 5.88 Å². The van der Waals surface area contributed by atoms with Gasteiger partial charge in [0, 0.05) is 13.2 Å². The predicted molar refractivity (Wildman–Crippen MR) is 72.2 cm³/mol. The zero-order valence-corrected chi connectivity index (χ0v) is 11.5. The van der Waals surface area contributed by atoms with Gasteiger partial charge in [-0.15, -0.1) is 0 Å². The van der Waals surface area contributed by atoms with E-state index < -0.39 is 0 Å². The van der Waals surface area contributed by atoms with Crippen LogP contribution in [0.15, 0.2) is 6.33 Å². The Hall–Kier alpha value is -1.36. The second kappa shape index (κ2) is 8.69. The Kier molecular flexibility index (Phi) is 7.10. The molecule has 0 aliphatic heterocycles. The van der Waals surface area contributed by atoms with Gasteiger partial charge in [0.05, 0.1) is 12.2 Å². The normalized spacial score (nSPS) is 10.4. The molecule has 0 saturated heterocycles. The summed E-state index contributed by atoms with van der Waals surface area (Å²) in [5.74, 6) is 1.47. The molecule has 0 atom stereocenters. The van der Waals surface area contributed by atoms with Crippen molar-refractivity contribution >= 4 is 5.82 Å². The number of rotatable bonds is 9. The molecular formula is C13H23N3O2. The molecular weight excluding hydrogens is 230 g/mol. The Morgan fingerprint density at radius 2 is 1.94 bits per heavy atom. The van der Waals surface area contributed by atoms with Crippen LogP contribution in [0.4, 0.5) is 5.82 Å². The lowest BCUT2D eigenvalue weighted by Gasteiger charge is -2.11. The minimum Gasteiger partial charge on any atom is -0.475 e. The van der Waals surface area contributed by atoms with Gasteiger partial charge in [0.25, 0.3) is 0 Å². The van der Waals surface area contributed by atoms with Crippen molar-refractivity contribution < 1.29 is 9.47 Å². The maximum atomic E-state index is 5.59. The van der Waals surface area contributed by atoms with Gasteiger partial charge in [0.1, 0.15) is 18.8 Å². The zero-order valence-electron chi connectivity index (χ0n) is 11.5. The van der Waals surface area contributed by atoms with Crippen LogP contribution in [0.1, 0.15) is 32.3 Å². The standard InChI is InChI=1S/C13H23N3O2/c1-4-6-14-12-11(3)13(16-10-15-12)18-9-8-17-7-5-2/h10H,4-9H2,1-3H3,(H,14,15,16). The van der Waals surface area contributed by atoms with Crippen molar-refractivity contribution in [1.82, 2.24) is 9.97 Å². The first-order valence-corrected chi connectivity index (χ1v) is 6.55. The number of anilines is 1. The molecule has 1 aromatic heterocycles. The molecule has 0 aliphatic rings. The van der Waals surface area contributed by atoms with Crippen LogP contribution in [0.5, 0.6) is 5.88 Å². The van der Waals surface area contributed by atoms with E-state index in [1.54, 1.807) is 0 Å². The van der Waals surface area contributed by atoms with E-state index in [2.05, 4.69) is 29.1 Å². The van der Waals surface area contributed by atoms with Crippen LogP contribution in [0.2, 0.25) is 0 Å². The van der Waals surface area contributed by atoms with E-state index in [0.29, 0.717) is 19.1 Å². The number of aromatic nitrogens is 2. The first-order chi connectivity index (χ1) is 8.79. The van der Waals surface area contributed by atoms with Crippen molar-refractivity contribution in [2.75, 3.05) is 31.7 Å². The van der Waals surface area contributed by atoms with Crippen molar-refractivity contribution in [1.29, 1.82) is 0 Å². The molecule has 0 saturated carbocycles. The highest BCUT2D eigenvalue weighted by molar-refractivity contribution is 5.47. The topological polar surface area (TPSA) is 56.3 Å².